The van der Waals surface area contributed by atoms with E-state index in [4.69, 9.17) is 9.47 Å². The maximum absolute atomic E-state index is 6.14. The molecule has 0 bridgehead atoms. The number of hydrogen-bond donors (Lipinski definition) is 1. The molecule has 142 valence electrons. The molecule has 0 aromatic heterocycles. The fourth-order valence-corrected chi connectivity index (χ4v) is 2.76. The van der Waals surface area contributed by atoms with E-state index in [0.717, 1.165) is 43.2 Å². The summed E-state index contributed by atoms with van der Waals surface area (Å²) in [4.78, 5) is 0. The average molecular weight is 356 g/mol. The number of anilines is 1. The molecule has 2 rings (SSSR count). The fraction of sp³-hybridized carbons (Fsp3) is 0.478. The van der Waals surface area contributed by atoms with Gasteiger partial charge in [0, 0.05) is 5.69 Å². The SMILES string of the molecule is CCCCCCOc1ccc(NCC(CC)Oc2ccccc2C)cc1. The van der Waals surface area contributed by atoms with Gasteiger partial charge in [-0.25, -0.2) is 0 Å². The van der Waals surface area contributed by atoms with Crippen molar-refractivity contribution < 1.29 is 9.47 Å². The van der Waals surface area contributed by atoms with Crippen molar-refractivity contribution in [3.8, 4) is 11.5 Å². The monoisotopic (exact) mass is 355 g/mol. The van der Waals surface area contributed by atoms with Gasteiger partial charge in [0.2, 0.25) is 0 Å². The molecule has 0 amide bonds. The highest BCUT2D eigenvalue weighted by Crippen LogP contribution is 2.20. The van der Waals surface area contributed by atoms with Crippen LogP contribution in [0.15, 0.2) is 48.5 Å². The molecule has 0 spiro atoms. The number of para-hydroxylation sites is 1. The minimum Gasteiger partial charge on any atom is -0.494 e. The normalized spacial score (nSPS) is 11.8. The molecule has 3 nitrogen and oxygen atoms in total. The molecule has 1 unspecified atom stereocenters. The van der Waals surface area contributed by atoms with E-state index in [1.54, 1.807) is 0 Å². The van der Waals surface area contributed by atoms with Crippen molar-refractivity contribution in [3.63, 3.8) is 0 Å². The van der Waals surface area contributed by atoms with Crippen LogP contribution in [0.1, 0.15) is 51.5 Å². The van der Waals surface area contributed by atoms with Crippen LogP contribution >= 0.6 is 0 Å². The first-order valence-corrected chi connectivity index (χ1v) is 9.92. The van der Waals surface area contributed by atoms with E-state index in [-0.39, 0.29) is 6.10 Å². The lowest BCUT2D eigenvalue weighted by molar-refractivity contribution is 0.208. The molecule has 0 heterocycles. The summed E-state index contributed by atoms with van der Waals surface area (Å²) in [5, 5.41) is 3.47. The van der Waals surface area contributed by atoms with Gasteiger partial charge in [-0.3, -0.25) is 0 Å². The number of aryl methyl sites for hydroxylation is 1. The third-order valence-electron chi connectivity index (χ3n) is 4.50. The average Bonchev–Trinajstić information content (AvgIpc) is 2.67. The van der Waals surface area contributed by atoms with Crippen LogP contribution < -0.4 is 14.8 Å². The second kappa shape index (κ2) is 11.5. The maximum Gasteiger partial charge on any atom is 0.122 e. The summed E-state index contributed by atoms with van der Waals surface area (Å²) in [6.07, 6.45) is 6.02. The first kappa shape index (κ1) is 20.2. The molecule has 0 fully saturated rings. The van der Waals surface area contributed by atoms with Crippen molar-refractivity contribution >= 4 is 5.69 Å². The lowest BCUT2D eigenvalue weighted by Crippen LogP contribution is -2.25. The summed E-state index contributed by atoms with van der Waals surface area (Å²) >= 11 is 0. The number of nitrogens with one attached hydrogen (secondary N) is 1. The van der Waals surface area contributed by atoms with Gasteiger partial charge in [-0.05, 0) is 55.7 Å². The third kappa shape index (κ3) is 6.99. The number of hydrogen-bond acceptors (Lipinski definition) is 3. The predicted molar refractivity (Wildman–Crippen MR) is 110 cm³/mol. The minimum atomic E-state index is 0.144. The highest BCUT2D eigenvalue weighted by Gasteiger charge is 2.09. The first-order chi connectivity index (χ1) is 12.7. The van der Waals surface area contributed by atoms with Crippen molar-refractivity contribution in [3.05, 3.63) is 54.1 Å². The van der Waals surface area contributed by atoms with Crippen molar-refractivity contribution in [2.24, 2.45) is 0 Å². The van der Waals surface area contributed by atoms with Crippen LogP contribution in [0.2, 0.25) is 0 Å². The summed E-state index contributed by atoms with van der Waals surface area (Å²) < 4.78 is 11.9. The van der Waals surface area contributed by atoms with Gasteiger partial charge < -0.3 is 14.8 Å². The Kier molecular flexibility index (Phi) is 8.88. The van der Waals surface area contributed by atoms with Crippen LogP contribution in [0.25, 0.3) is 0 Å². The molecule has 0 aliphatic carbocycles. The Balaban J connectivity index is 1.76. The van der Waals surface area contributed by atoms with Crippen LogP contribution in [0.3, 0.4) is 0 Å². The van der Waals surface area contributed by atoms with Gasteiger partial charge in [0.1, 0.15) is 17.6 Å². The molecule has 0 radical (unpaired) electrons. The Labute approximate surface area is 158 Å². The fourth-order valence-electron chi connectivity index (χ4n) is 2.76. The van der Waals surface area contributed by atoms with Crippen LogP contribution in [0.5, 0.6) is 11.5 Å². The van der Waals surface area contributed by atoms with E-state index in [2.05, 4.69) is 44.3 Å². The van der Waals surface area contributed by atoms with E-state index in [9.17, 15) is 0 Å². The van der Waals surface area contributed by atoms with E-state index >= 15 is 0 Å². The molecule has 0 aliphatic heterocycles. The first-order valence-electron chi connectivity index (χ1n) is 9.92. The topological polar surface area (TPSA) is 30.5 Å². The quantitative estimate of drug-likeness (QED) is 0.458. The Morgan fingerprint density at radius 2 is 1.69 bits per heavy atom. The van der Waals surface area contributed by atoms with Gasteiger partial charge in [-0.1, -0.05) is 51.3 Å². The van der Waals surface area contributed by atoms with E-state index < -0.39 is 0 Å². The molecule has 2 aromatic rings. The van der Waals surface area contributed by atoms with Gasteiger partial charge in [-0.15, -0.1) is 0 Å². The number of rotatable bonds is 12. The van der Waals surface area contributed by atoms with E-state index in [0.29, 0.717) is 0 Å². The second-order valence-corrected chi connectivity index (χ2v) is 6.73. The zero-order chi connectivity index (χ0) is 18.6. The molecule has 1 N–H and O–H groups in total. The summed E-state index contributed by atoms with van der Waals surface area (Å²) in [7, 11) is 0. The number of benzene rings is 2. The molecule has 0 saturated heterocycles. The van der Waals surface area contributed by atoms with Crippen molar-refractivity contribution in [2.45, 2.75) is 59.0 Å². The Hall–Kier alpha value is -2.16. The summed E-state index contributed by atoms with van der Waals surface area (Å²) in [6.45, 7) is 8.04. The third-order valence-corrected chi connectivity index (χ3v) is 4.50. The lowest BCUT2D eigenvalue weighted by Gasteiger charge is -2.20. The van der Waals surface area contributed by atoms with Crippen LogP contribution in [-0.2, 0) is 0 Å². The molecule has 0 aliphatic rings. The van der Waals surface area contributed by atoms with Crippen molar-refractivity contribution in [1.82, 2.24) is 0 Å². The summed E-state index contributed by atoms with van der Waals surface area (Å²) in [5.74, 6) is 1.91. The highest BCUT2D eigenvalue weighted by molar-refractivity contribution is 5.46. The smallest absolute Gasteiger partial charge is 0.122 e. The minimum absolute atomic E-state index is 0.144. The lowest BCUT2D eigenvalue weighted by atomic mass is 10.2. The molecule has 2 aromatic carbocycles. The zero-order valence-corrected chi connectivity index (χ0v) is 16.5. The molecular weight excluding hydrogens is 322 g/mol. The van der Waals surface area contributed by atoms with Gasteiger partial charge in [0.05, 0.1) is 13.2 Å². The van der Waals surface area contributed by atoms with Gasteiger partial charge in [0.15, 0.2) is 0 Å². The standard InChI is InChI=1S/C23H33NO2/c1-4-6-7-10-17-25-22-15-13-20(14-16-22)24-18-21(5-2)26-23-12-9-8-11-19(23)3/h8-9,11-16,21,24H,4-7,10,17-18H2,1-3H3. The van der Waals surface area contributed by atoms with Crippen LogP contribution in [0, 0.1) is 6.92 Å². The second-order valence-electron chi connectivity index (χ2n) is 6.73. The van der Waals surface area contributed by atoms with E-state index in [1.165, 1.54) is 24.8 Å². The zero-order valence-electron chi connectivity index (χ0n) is 16.5. The number of unbranched alkanes of at least 4 members (excludes halogenated alkanes) is 3. The van der Waals surface area contributed by atoms with Gasteiger partial charge in [0.25, 0.3) is 0 Å². The van der Waals surface area contributed by atoms with E-state index in [1.807, 2.05) is 30.3 Å². The molecule has 3 heteroatoms. The van der Waals surface area contributed by atoms with Crippen LogP contribution in [-0.4, -0.2) is 19.3 Å². The van der Waals surface area contributed by atoms with Gasteiger partial charge in [-0.2, -0.15) is 0 Å². The predicted octanol–water partition coefficient (Wildman–Crippen LogP) is 6.22. The molecule has 1 atom stereocenters. The van der Waals surface area contributed by atoms with Gasteiger partial charge >= 0.3 is 0 Å². The highest BCUT2D eigenvalue weighted by atomic mass is 16.5. The summed E-state index contributed by atoms with van der Waals surface area (Å²) in [6, 6.07) is 16.4. The molecular formula is C23H33NO2. The Morgan fingerprint density at radius 1 is 0.923 bits per heavy atom. The molecule has 0 saturated carbocycles. The summed E-state index contributed by atoms with van der Waals surface area (Å²) in [5.41, 5.74) is 2.27. The van der Waals surface area contributed by atoms with Crippen LogP contribution in [0.4, 0.5) is 5.69 Å². The van der Waals surface area contributed by atoms with Crippen molar-refractivity contribution in [1.29, 1.82) is 0 Å². The maximum atomic E-state index is 6.14. The Bertz CT molecular complexity index is 624. The van der Waals surface area contributed by atoms with Crippen molar-refractivity contribution in [2.75, 3.05) is 18.5 Å². The number of ether oxygens (including phenoxy) is 2. The Morgan fingerprint density at radius 3 is 2.38 bits per heavy atom. The molecule has 26 heavy (non-hydrogen) atoms. The largest absolute Gasteiger partial charge is 0.494 e.